The van der Waals surface area contributed by atoms with Crippen molar-refractivity contribution in [2.24, 2.45) is 0 Å². The van der Waals surface area contributed by atoms with Gasteiger partial charge >= 0.3 is 5.63 Å². The summed E-state index contributed by atoms with van der Waals surface area (Å²) in [6.45, 7) is 3.92. The van der Waals surface area contributed by atoms with Gasteiger partial charge in [-0.1, -0.05) is 25.1 Å². The zero-order valence-electron chi connectivity index (χ0n) is 13.7. The Balaban J connectivity index is 1.83. The lowest BCUT2D eigenvalue weighted by atomic mass is 10.1. The maximum atomic E-state index is 12.7. The minimum absolute atomic E-state index is 0.0453. The molecule has 1 aliphatic rings. The molecule has 24 heavy (non-hydrogen) atoms. The molecular weight excluding hydrogens is 308 g/mol. The number of para-hydroxylation sites is 1. The van der Waals surface area contributed by atoms with Crippen molar-refractivity contribution in [3.63, 3.8) is 0 Å². The van der Waals surface area contributed by atoms with Crippen LogP contribution in [-0.2, 0) is 4.79 Å². The third kappa shape index (κ3) is 3.18. The smallest absolute Gasteiger partial charge is 0.349 e. The number of amides is 2. The topological polar surface area (TPSA) is 70.8 Å². The van der Waals surface area contributed by atoms with Crippen LogP contribution in [0.4, 0.5) is 0 Å². The van der Waals surface area contributed by atoms with Gasteiger partial charge in [0.05, 0.1) is 0 Å². The third-order valence-corrected chi connectivity index (χ3v) is 4.31. The van der Waals surface area contributed by atoms with Crippen LogP contribution in [0.25, 0.3) is 11.0 Å². The fourth-order valence-corrected chi connectivity index (χ4v) is 2.97. The van der Waals surface area contributed by atoms with Gasteiger partial charge in [0.15, 0.2) is 0 Å². The highest BCUT2D eigenvalue weighted by Crippen LogP contribution is 2.15. The molecule has 0 unspecified atom stereocenters. The Labute approximate surface area is 139 Å². The number of carbonyl (C=O) groups excluding carboxylic acids is 2. The van der Waals surface area contributed by atoms with Gasteiger partial charge in [0.2, 0.25) is 5.91 Å². The van der Waals surface area contributed by atoms with Crippen LogP contribution in [0, 0.1) is 0 Å². The summed E-state index contributed by atoms with van der Waals surface area (Å²) in [5.74, 6) is -0.241. The van der Waals surface area contributed by atoms with E-state index in [-0.39, 0.29) is 17.4 Å². The molecule has 2 amide bonds. The van der Waals surface area contributed by atoms with Gasteiger partial charge < -0.3 is 14.2 Å². The van der Waals surface area contributed by atoms with Gasteiger partial charge in [-0.2, -0.15) is 0 Å². The SMILES string of the molecule is CCC(=O)N1CCCN(C(=O)c2cc3ccccc3oc2=O)CC1. The Morgan fingerprint density at radius 3 is 2.58 bits per heavy atom. The summed E-state index contributed by atoms with van der Waals surface area (Å²) in [6, 6.07) is 8.70. The van der Waals surface area contributed by atoms with Gasteiger partial charge in [-0.15, -0.1) is 0 Å². The highest BCUT2D eigenvalue weighted by Gasteiger charge is 2.24. The molecule has 0 atom stereocenters. The standard InChI is InChI=1S/C18H20N2O4/c1-2-16(21)19-8-5-9-20(11-10-19)17(22)14-12-13-6-3-4-7-15(13)24-18(14)23/h3-4,6-7,12H,2,5,8-11H2,1H3. The van der Waals surface area contributed by atoms with Crippen LogP contribution in [0.1, 0.15) is 30.1 Å². The summed E-state index contributed by atoms with van der Waals surface area (Å²) in [6.07, 6.45) is 1.17. The van der Waals surface area contributed by atoms with E-state index < -0.39 is 5.63 Å². The second kappa shape index (κ2) is 6.86. The summed E-state index contributed by atoms with van der Waals surface area (Å²) in [5.41, 5.74) is -0.108. The van der Waals surface area contributed by atoms with Crippen molar-refractivity contribution >= 4 is 22.8 Å². The Morgan fingerprint density at radius 1 is 1.08 bits per heavy atom. The van der Waals surface area contributed by atoms with Crippen LogP contribution >= 0.6 is 0 Å². The highest BCUT2D eigenvalue weighted by atomic mass is 16.4. The number of hydrogen-bond acceptors (Lipinski definition) is 4. The van der Waals surface area contributed by atoms with Crippen molar-refractivity contribution in [2.75, 3.05) is 26.2 Å². The van der Waals surface area contributed by atoms with E-state index in [1.54, 1.807) is 34.1 Å². The van der Waals surface area contributed by atoms with Gasteiger partial charge in [0.25, 0.3) is 5.91 Å². The van der Waals surface area contributed by atoms with Gasteiger partial charge in [-0.05, 0) is 18.6 Å². The van der Waals surface area contributed by atoms with E-state index in [1.165, 1.54) is 0 Å². The number of rotatable bonds is 2. The summed E-state index contributed by atoms with van der Waals surface area (Å²) in [5, 5.41) is 0.720. The molecule has 6 heteroatoms. The van der Waals surface area contributed by atoms with E-state index in [2.05, 4.69) is 0 Å². The zero-order valence-corrected chi connectivity index (χ0v) is 13.7. The Bertz CT molecular complexity index is 827. The van der Waals surface area contributed by atoms with Crippen LogP contribution in [0.15, 0.2) is 39.5 Å². The maximum Gasteiger partial charge on any atom is 0.349 e. The molecule has 2 heterocycles. The lowest BCUT2D eigenvalue weighted by molar-refractivity contribution is -0.130. The average molecular weight is 328 g/mol. The lowest BCUT2D eigenvalue weighted by Crippen LogP contribution is -2.38. The quantitative estimate of drug-likeness (QED) is 0.789. The van der Waals surface area contributed by atoms with Gasteiger partial charge in [-0.3, -0.25) is 9.59 Å². The normalized spacial score (nSPS) is 15.4. The van der Waals surface area contributed by atoms with Crippen molar-refractivity contribution in [2.45, 2.75) is 19.8 Å². The van der Waals surface area contributed by atoms with Crippen LogP contribution in [0.3, 0.4) is 0 Å². The molecule has 0 radical (unpaired) electrons. The van der Waals surface area contributed by atoms with Crippen LogP contribution in [0.5, 0.6) is 0 Å². The van der Waals surface area contributed by atoms with Crippen LogP contribution in [0.2, 0.25) is 0 Å². The number of fused-ring (bicyclic) bond motifs is 1. The second-order valence-corrected chi connectivity index (χ2v) is 5.87. The highest BCUT2D eigenvalue weighted by molar-refractivity contribution is 5.96. The predicted molar refractivity (Wildman–Crippen MR) is 89.9 cm³/mol. The molecule has 1 fully saturated rings. The molecule has 126 valence electrons. The van der Waals surface area contributed by atoms with Gasteiger partial charge in [0, 0.05) is 38.0 Å². The average Bonchev–Trinajstić information content (AvgIpc) is 2.86. The lowest BCUT2D eigenvalue weighted by Gasteiger charge is -2.21. The first kappa shape index (κ1) is 16.2. The molecule has 1 saturated heterocycles. The summed E-state index contributed by atoms with van der Waals surface area (Å²) in [7, 11) is 0. The van der Waals surface area contributed by atoms with Crippen LogP contribution < -0.4 is 5.63 Å². The van der Waals surface area contributed by atoms with Crippen LogP contribution in [-0.4, -0.2) is 47.8 Å². The molecule has 1 aliphatic heterocycles. The molecule has 2 aromatic rings. The molecule has 0 bridgehead atoms. The monoisotopic (exact) mass is 328 g/mol. The molecule has 3 rings (SSSR count). The van der Waals surface area contributed by atoms with E-state index in [4.69, 9.17) is 4.42 Å². The number of benzene rings is 1. The summed E-state index contributed by atoms with van der Waals surface area (Å²) < 4.78 is 5.25. The van der Waals surface area contributed by atoms with E-state index in [9.17, 15) is 14.4 Å². The first-order chi connectivity index (χ1) is 11.6. The predicted octanol–water partition coefficient (Wildman–Crippen LogP) is 1.88. The number of nitrogens with zero attached hydrogens (tertiary/aromatic N) is 2. The molecule has 6 nitrogen and oxygen atoms in total. The number of carbonyl (C=O) groups is 2. The second-order valence-electron chi connectivity index (χ2n) is 5.87. The van der Waals surface area contributed by atoms with Crippen molar-refractivity contribution < 1.29 is 14.0 Å². The molecule has 0 saturated carbocycles. The van der Waals surface area contributed by atoms with Crippen molar-refractivity contribution in [1.29, 1.82) is 0 Å². The Kier molecular flexibility index (Phi) is 4.64. The number of hydrogen-bond donors (Lipinski definition) is 0. The van der Waals surface area contributed by atoms with E-state index in [0.29, 0.717) is 44.6 Å². The van der Waals surface area contributed by atoms with Crippen molar-refractivity contribution in [3.05, 3.63) is 46.3 Å². The van der Waals surface area contributed by atoms with Gasteiger partial charge in [0.1, 0.15) is 11.1 Å². The van der Waals surface area contributed by atoms with E-state index in [0.717, 1.165) is 5.39 Å². The third-order valence-electron chi connectivity index (χ3n) is 4.31. The fraction of sp³-hybridized carbons (Fsp3) is 0.389. The molecule has 1 aromatic heterocycles. The fourth-order valence-electron chi connectivity index (χ4n) is 2.97. The van der Waals surface area contributed by atoms with E-state index >= 15 is 0 Å². The largest absolute Gasteiger partial charge is 0.422 e. The minimum atomic E-state index is -0.621. The zero-order chi connectivity index (χ0) is 17.1. The first-order valence-electron chi connectivity index (χ1n) is 8.20. The summed E-state index contributed by atoms with van der Waals surface area (Å²) in [4.78, 5) is 40.1. The molecule has 1 aromatic carbocycles. The first-order valence-corrected chi connectivity index (χ1v) is 8.20. The van der Waals surface area contributed by atoms with E-state index in [1.807, 2.05) is 13.0 Å². The Hall–Kier alpha value is -2.63. The molecular formula is C18H20N2O4. The minimum Gasteiger partial charge on any atom is -0.422 e. The summed E-state index contributed by atoms with van der Waals surface area (Å²) >= 11 is 0. The Morgan fingerprint density at radius 2 is 1.79 bits per heavy atom. The maximum absolute atomic E-state index is 12.7. The molecule has 0 spiro atoms. The van der Waals surface area contributed by atoms with Crippen molar-refractivity contribution in [1.82, 2.24) is 9.80 Å². The van der Waals surface area contributed by atoms with Gasteiger partial charge in [-0.25, -0.2) is 4.79 Å². The molecule has 0 aliphatic carbocycles. The van der Waals surface area contributed by atoms with Crippen molar-refractivity contribution in [3.8, 4) is 0 Å². The molecule has 0 N–H and O–H groups in total.